The minimum absolute atomic E-state index is 0.0523. The Morgan fingerprint density at radius 1 is 1.28 bits per heavy atom. The molecule has 1 aromatic rings. The molecule has 9 heteroatoms. The summed E-state index contributed by atoms with van der Waals surface area (Å²) >= 11 is 0. The van der Waals surface area contributed by atoms with Crippen LogP contribution in [0, 0.1) is 0 Å². The van der Waals surface area contributed by atoms with Crippen LogP contribution in [-0.2, 0) is 25.9 Å². The van der Waals surface area contributed by atoms with Crippen LogP contribution in [0.1, 0.15) is 12.5 Å². The molecule has 0 amide bonds. The van der Waals surface area contributed by atoms with Gasteiger partial charge < -0.3 is 19.5 Å². The molecule has 1 aliphatic carbocycles. The highest BCUT2D eigenvalue weighted by Gasteiger charge is 2.37. The molecular formula is C20H29FN2O5S. The van der Waals surface area contributed by atoms with E-state index in [2.05, 4.69) is 10.0 Å². The minimum atomic E-state index is -3.62. The highest BCUT2D eigenvalue weighted by atomic mass is 32.2. The second-order valence-electron chi connectivity index (χ2n) is 6.69. The maximum atomic E-state index is 14.5. The largest absolute Gasteiger partial charge is 0.495 e. The zero-order valence-electron chi connectivity index (χ0n) is 17.1. The first-order valence-electron chi connectivity index (χ1n) is 9.31. The van der Waals surface area contributed by atoms with Crippen LogP contribution in [-0.4, -0.2) is 60.8 Å². The van der Waals surface area contributed by atoms with Crippen molar-refractivity contribution in [3.63, 3.8) is 0 Å². The Kier molecular flexibility index (Phi) is 8.35. The van der Waals surface area contributed by atoms with Crippen LogP contribution in [0.2, 0.25) is 0 Å². The molecule has 0 radical (unpaired) electrons. The van der Waals surface area contributed by atoms with Crippen LogP contribution >= 0.6 is 0 Å². The van der Waals surface area contributed by atoms with Gasteiger partial charge in [0.25, 0.3) is 5.85 Å². The standard InChI is InChI=1S/C20H29FN2O5S/c1-15(23-11-12-28-19-7-5-6-10-20(19,21)27-4)13-16-8-9-17(26-3)18(14-16)29(24,25)22-2/h5-10,14-15,19,22-23H,11-13H2,1-4H3. The summed E-state index contributed by atoms with van der Waals surface area (Å²) in [6, 6.07) is 5.13. The van der Waals surface area contributed by atoms with Crippen molar-refractivity contribution in [2.24, 2.45) is 0 Å². The summed E-state index contributed by atoms with van der Waals surface area (Å²) in [7, 11) is 0.473. The molecule has 2 rings (SSSR count). The second-order valence-corrected chi connectivity index (χ2v) is 8.54. The lowest BCUT2D eigenvalue weighted by atomic mass is 10.1. The van der Waals surface area contributed by atoms with Crippen molar-refractivity contribution in [3.8, 4) is 5.75 Å². The molecule has 0 bridgehead atoms. The molecule has 7 nitrogen and oxygen atoms in total. The van der Waals surface area contributed by atoms with E-state index in [-0.39, 0.29) is 10.9 Å². The third-order valence-corrected chi connectivity index (χ3v) is 6.08. The first-order valence-corrected chi connectivity index (χ1v) is 10.8. The number of nitrogens with one attached hydrogen (secondary N) is 2. The average molecular weight is 429 g/mol. The van der Waals surface area contributed by atoms with E-state index in [1.165, 1.54) is 27.3 Å². The molecule has 0 heterocycles. The number of hydrogen-bond acceptors (Lipinski definition) is 6. The summed E-state index contributed by atoms with van der Waals surface area (Å²) in [6.45, 7) is 2.78. The first kappa shape index (κ1) is 23.5. The van der Waals surface area contributed by atoms with Gasteiger partial charge in [-0.15, -0.1) is 0 Å². The van der Waals surface area contributed by atoms with E-state index < -0.39 is 22.0 Å². The molecule has 3 atom stereocenters. The van der Waals surface area contributed by atoms with Crippen LogP contribution in [0.3, 0.4) is 0 Å². The summed E-state index contributed by atoms with van der Waals surface area (Å²) in [5.41, 5.74) is 0.850. The molecule has 29 heavy (non-hydrogen) atoms. The third kappa shape index (κ3) is 6.10. The Hall–Kier alpha value is -1.78. The number of sulfonamides is 1. The number of alkyl halides is 1. The number of ether oxygens (including phenoxy) is 3. The number of benzene rings is 1. The Morgan fingerprint density at radius 3 is 2.69 bits per heavy atom. The molecule has 1 aromatic carbocycles. The zero-order valence-corrected chi connectivity index (χ0v) is 18.0. The van der Waals surface area contributed by atoms with Crippen LogP contribution in [0.25, 0.3) is 0 Å². The van der Waals surface area contributed by atoms with Gasteiger partial charge in [0.2, 0.25) is 10.0 Å². The van der Waals surface area contributed by atoms with Gasteiger partial charge in [-0.1, -0.05) is 18.2 Å². The number of rotatable bonds is 11. The van der Waals surface area contributed by atoms with Crippen LogP contribution in [0.5, 0.6) is 5.75 Å². The van der Waals surface area contributed by atoms with Crippen molar-refractivity contribution in [3.05, 3.63) is 48.1 Å². The average Bonchev–Trinajstić information content (AvgIpc) is 2.72. The Morgan fingerprint density at radius 2 is 2.03 bits per heavy atom. The third-order valence-electron chi connectivity index (χ3n) is 4.64. The Balaban J connectivity index is 1.88. The Labute approximate surface area is 172 Å². The van der Waals surface area contributed by atoms with Crippen molar-refractivity contribution < 1.29 is 27.0 Å². The number of halogens is 1. The molecule has 0 aliphatic heterocycles. The molecule has 0 saturated carbocycles. The minimum Gasteiger partial charge on any atom is -0.495 e. The normalized spacial score (nSPS) is 22.6. The monoisotopic (exact) mass is 428 g/mol. The van der Waals surface area contributed by atoms with Crippen LogP contribution < -0.4 is 14.8 Å². The van der Waals surface area contributed by atoms with E-state index in [4.69, 9.17) is 14.2 Å². The van der Waals surface area contributed by atoms with E-state index in [9.17, 15) is 12.8 Å². The molecule has 1 aliphatic rings. The van der Waals surface area contributed by atoms with E-state index in [0.717, 1.165) is 5.56 Å². The highest BCUT2D eigenvalue weighted by Crippen LogP contribution is 2.26. The summed E-state index contributed by atoms with van der Waals surface area (Å²) in [6.07, 6.45) is 6.06. The van der Waals surface area contributed by atoms with E-state index >= 15 is 0 Å². The first-order chi connectivity index (χ1) is 13.8. The van der Waals surface area contributed by atoms with E-state index in [0.29, 0.717) is 25.3 Å². The summed E-state index contributed by atoms with van der Waals surface area (Å²) in [4.78, 5) is 0.103. The van der Waals surface area contributed by atoms with Gasteiger partial charge in [-0.2, -0.15) is 0 Å². The second kappa shape index (κ2) is 10.3. The molecular weight excluding hydrogens is 399 g/mol. The molecule has 0 aromatic heterocycles. The topological polar surface area (TPSA) is 85.9 Å². The smallest absolute Gasteiger partial charge is 0.258 e. The van der Waals surface area contributed by atoms with Crippen molar-refractivity contribution in [1.82, 2.24) is 10.0 Å². The number of allylic oxidation sites excluding steroid dienone is 2. The van der Waals surface area contributed by atoms with E-state index in [1.54, 1.807) is 30.4 Å². The summed E-state index contributed by atoms with van der Waals surface area (Å²) < 4.78 is 56.8. The molecule has 0 fully saturated rings. The number of methoxy groups -OCH3 is 2. The fourth-order valence-corrected chi connectivity index (χ4v) is 3.96. The van der Waals surface area contributed by atoms with Crippen molar-refractivity contribution in [1.29, 1.82) is 0 Å². The van der Waals surface area contributed by atoms with Gasteiger partial charge >= 0.3 is 0 Å². The van der Waals surface area contributed by atoms with Crippen molar-refractivity contribution in [2.75, 3.05) is 34.4 Å². The van der Waals surface area contributed by atoms with Crippen LogP contribution in [0.4, 0.5) is 4.39 Å². The summed E-state index contributed by atoms with van der Waals surface area (Å²) in [5, 5.41) is 3.29. The lowest BCUT2D eigenvalue weighted by Crippen LogP contribution is -2.41. The predicted molar refractivity (Wildman–Crippen MR) is 109 cm³/mol. The van der Waals surface area contributed by atoms with Crippen molar-refractivity contribution in [2.45, 2.75) is 36.2 Å². The molecule has 162 valence electrons. The fourth-order valence-electron chi connectivity index (χ4n) is 3.02. The lowest BCUT2D eigenvalue weighted by Gasteiger charge is -2.29. The van der Waals surface area contributed by atoms with Gasteiger partial charge in [-0.05, 0) is 50.2 Å². The van der Waals surface area contributed by atoms with Crippen molar-refractivity contribution >= 4 is 10.0 Å². The van der Waals surface area contributed by atoms with Gasteiger partial charge in [0, 0.05) is 19.7 Å². The number of hydrogen-bond donors (Lipinski definition) is 2. The molecule has 0 saturated heterocycles. The van der Waals surface area contributed by atoms with E-state index in [1.807, 2.05) is 13.0 Å². The maximum Gasteiger partial charge on any atom is 0.258 e. The highest BCUT2D eigenvalue weighted by molar-refractivity contribution is 7.89. The quantitative estimate of drug-likeness (QED) is 0.524. The Bertz CT molecular complexity index is 843. The van der Waals surface area contributed by atoms with Crippen LogP contribution in [0.15, 0.2) is 47.4 Å². The molecule has 2 N–H and O–H groups in total. The lowest BCUT2D eigenvalue weighted by molar-refractivity contribution is -0.158. The van der Waals surface area contributed by atoms with Gasteiger partial charge in [0.15, 0.2) is 0 Å². The van der Waals surface area contributed by atoms with Gasteiger partial charge in [0.1, 0.15) is 16.7 Å². The fraction of sp³-hybridized carbons (Fsp3) is 0.500. The van der Waals surface area contributed by atoms with Gasteiger partial charge in [-0.25, -0.2) is 17.5 Å². The molecule has 0 spiro atoms. The molecule has 3 unspecified atom stereocenters. The summed E-state index contributed by atoms with van der Waals surface area (Å²) in [5.74, 6) is -1.67. The van der Waals surface area contributed by atoms with Gasteiger partial charge in [0.05, 0.1) is 13.7 Å². The maximum absolute atomic E-state index is 14.5. The zero-order chi connectivity index (χ0) is 21.5. The van der Waals surface area contributed by atoms with Gasteiger partial charge in [-0.3, -0.25) is 0 Å². The predicted octanol–water partition coefficient (Wildman–Crippen LogP) is 1.95. The SMILES string of the molecule is CNS(=O)(=O)c1cc(CC(C)NCCOC2C=CC=CC2(F)OC)ccc1OC.